The molecular formula is C66H63B3O6S3. The van der Waals surface area contributed by atoms with Gasteiger partial charge in [0.2, 0.25) is 0 Å². The SMILES string of the molecule is CC1(C)OB(c2c3ccccc3cc3c2sc2ccccc23)OC1(C)C.CC1(C)OB(c2ccc3cc4c(cc3c2)sc2ccccc24)OC1(C)C.CC1(C)OB(c2cccc3cc4sc5ccccc5c4cc23)OC1(C)C. The molecule has 3 aromatic heterocycles. The summed E-state index contributed by atoms with van der Waals surface area (Å²) in [6.45, 7) is 25.2. The van der Waals surface area contributed by atoms with Gasteiger partial charge in [0.05, 0.1) is 33.6 Å². The molecule has 0 N–H and O–H groups in total. The Kier molecular flexibility index (Phi) is 12.3. The minimum atomic E-state index is -0.360. The first-order chi connectivity index (χ1) is 37.1. The molecular weight excluding hydrogens is 1020 g/mol. The van der Waals surface area contributed by atoms with Gasteiger partial charge in [-0.05, 0) is 175 Å². The number of hydrogen-bond acceptors (Lipinski definition) is 9. The van der Waals surface area contributed by atoms with Crippen LogP contribution < -0.4 is 16.4 Å². The first-order valence-corrected chi connectivity index (χ1v) is 29.6. The van der Waals surface area contributed by atoms with Crippen molar-refractivity contribution in [3.05, 3.63) is 164 Å². The van der Waals surface area contributed by atoms with E-state index in [2.05, 4.69) is 247 Å². The largest absolute Gasteiger partial charge is 0.496 e. The van der Waals surface area contributed by atoms with Crippen molar-refractivity contribution in [1.29, 1.82) is 0 Å². The summed E-state index contributed by atoms with van der Waals surface area (Å²) in [7, 11) is -1.02. The fourth-order valence-corrected chi connectivity index (χ4v) is 14.6. The monoisotopic (exact) mass is 1080 g/mol. The third-order valence-electron chi connectivity index (χ3n) is 17.7. The van der Waals surface area contributed by atoms with Crippen molar-refractivity contribution in [3.8, 4) is 0 Å². The zero-order valence-corrected chi connectivity index (χ0v) is 48.9. The van der Waals surface area contributed by atoms with E-state index >= 15 is 0 Å². The highest BCUT2D eigenvalue weighted by molar-refractivity contribution is 7.27. The van der Waals surface area contributed by atoms with Crippen LogP contribution in [0.3, 0.4) is 0 Å². The smallest absolute Gasteiger partial charge is 0.399 e. The lowest BCUT2D eigenvalue weighted by molar-refractivity contribution is 0.00578. The van der Waals surface area contributed by atoms with E-state index in [1.54, 1.807) is 0 Å². The molecule has 12 aromatic rings. The molecule has 3 saturated heterocycles. The van der Waals surface area contributed by atoms with Crippen LogP contribution in [0.5, 0.6) is 0 Å². The molecule has 0 aliphatic carbocycles. The zero-order valence-electron chi connectivity index (χ0n) is 46.5. The maximum atomic E-state index is 6.45. The van der Waals surface area contributed by atoms with Gasteiger partial charge in [-0.3, -0.25) is 0 Å². The Morgan fingerprint density at radius 3 is 1.28 bits per heavy atom. The van der Waals surface area contributed by atoms with Gasteiger partial charge in [-0.25, -0.2) is 0 Å². The second-order valence-electron chi connectivity index (χ2n) is 24.3. The van der Waals surface area contributed by atoms with Crippen LogP contribution in [0.4, 0.5) is 0 Å². The second kappa shape index (κ2) is 18.5. The van der Waals surface area contributed by atoms with E-state index in [1.165, 1.54) is 92.8 Å². The maximum absolute atomic E-state index is 6.45. The summed E-state index contributed by atoms with van der Waals surface area (Å²) in [6.07, 6.45) is 0. The molecule has 6 nitrogen and oxygen atoms in total. The normalized spacial score (nSPS) is 19.0. The predicted molar refractivity (Wildman–Crippen MR) is 338 cm³/mol. The number of thiophene rings is 3. The van der Waals surface area contributed by atoms with Crippen molar-refractivity contribution in [3.63, 3.8) is 0 Å². The van der Waals surface area contributed by atoms with Gasteiger partial charge >= 0.3 is 21.4 Å². The molecule has 3 aliphatic rings. The summed E-state index contributed by atoms with van der Waals surface area (Å²) in [5.74, 6) is 0. The summed E-state index contributed by atoms with van der Waals surface area (Å²) in [5.41, 5.74) is 1.35. The van der Waals surface area contributed by atoms with E-state index in [9.17, 15) is 0 Å². The lowest BCUT2D eigenvalue weighted by Crippen LogP contribution is -2.41. The molecule has 0 spiro atoms. The minimum Gasteiger partial charge on any atom is -0.399 e. The number of hydrogen-bond donors (Lipinski definition) is 0. The topological polar surface area (TPSA) is 55.4 Å². The molecule has 9 aromatic carbocycles. The Bertz CT molecular complexity index is 4300. The van der Waals surface area contributed by atoms with E-state index in [0.29, 0.717) is 0 Å². The lowest BCUT2D eigenvalue weighted by atomic mass is 9.75. The summed E-state index contributed by atoms with van der Waals surface area (Å²) < 4.78 is 45.8. The summed E-state index contributed by atoms with van der Waals surface area (Å²) in [4.78, 5) is 0. The third kappa shape index (κ3) is 8.61. The Morgan fingerprint density at radius 2 is 0.705 bits per heavy atom. The van der Waals surface area contributed by atoms with E-state index in [1.807, 2.05) is 34.0 Å². The van der Waals surface area contributed by atoms with Gasteiger partial charge in [0.15, 0.2) is 0 Å². The van der Waals surface area contributed by atoms with Crippen molar-refractivity contribution >= 4 is 165 Å². The molecule has 0 unspecified atom stereocenters. The van der Waals surface area contributed by atoms with E-state index in [-0.39, 0.29) is 55.0 Å². The summed E-state index contributed by atoms with van der Waals surface area (Å²) >= 11 is 5.53. The summed E-state index contributed by atoms with van der Waals surface area (Å²) in [5, 5.41) is 15.3. The first kappa shape index (κ1) is 51.8. The number of benzene rings is 9. The Labute approximate surface area is 470 Å². The van der Waals surface area contributed by atoms with Gasteiger partial charge in [-0.2, -0.15) is 0 Å². The van der Waals surface area contributed by atoms with E-state index < -0.39 is 0 Å². The molecule has 0 atom stereocenters. The number of fused-ring (bicyclic) bond motifs is 12. The Hall–Kier alpha value is -5.63. The fourth-order valence-electron chi connectivity index (χ4n) is 11.1. The van der Waals surface area contributed by atoms with Gasteiger partial charge < -0.3 is 27.9 Å². The molecule has 6 heterocycles. The van der Waals surface area contributed by atoms with Crippen LogP contribution in [0.25, 0.3) is 92.8 Å². The van der Waals surface area contributed by atoms with Crippen LogP contribution in [-0.4, -0.2) is 55.0 Å². The Morgan fingerprint density at radius 1 is 0.282 bits per heavy atom. The highest BCUT2D eigenvalue weighted by Crippen LogP contribution is 2.43. The molecule has 3 fully saturated rings. The van der Waals surface area contributed by atoms with Gasteiger partial charge in [-0.1, -0.05) is 115 Å². The fraction of sp³-hybridized carbons (Fsp3) is 0.273. The third-order valence-corrected chi connectivity index (χ3v) is 21.2. The summed E-state index contributed by atoms with van der Waals surface area (Å²) in [6, 6.07) is 58.8. The predicted octanol–water partition coefficient (Wildman–Crippen LogP) is 16.5. The maximum Gasteiger partial charge on any atom is 0.496 e. The molecule has 390 valence electrons. The molecule has 0 bridgehead atoms. The standard InChI is InChI=1S/3C22H21BO2S/c1-21(2)22(3,4)25-23(24-21)18-10-7-8-14-12-20-17(13-16(14)18)15-9-5-6-11-19(15)26-20;1-21(2)22(3,4)25-23(24-21)19-15-10-6-5-9-14(15)13-17-16-11-7-8-12-18(16)26-20(17)19;1-21(2)22(3,4)25-23(24-21)16-10-9-14-12-18-17-7-5-6-8-19(17)26-20(18)13-15(14)11-16/h3*5-13H,1-4H3. The second-order valence-corrected chi connectivity index (χ2v) is 27.5. The van der Waals surface area contributed by atoms with Crippen molar-refractivity contribution in [2.75, 3.05) is 0 Å². The molecule has 0 amide bonds. The lowest BCUT2D eigenvalue weighted by Gasteiger charge is -2.32. The highest BCUT2D eigenvalue weighted by atomic mass is 32.1. The van der Waals surface area contributed by atoms with Crippen molar-refractivity contribution in [2.45, 2.75) is 117 Å². The molecule has 3 aliphatic heterocycles. The van der Waals surface area contributed by atoms with Gasteiger partial charge in [-0.15, -0.1) is 34.0 Å². The molecule has 12 heteroatoms. The van der Waals surface area contributed by atoms with Crippen molar-refractivity contribution in [1.82, 2.24) is 0 Å². The van der Waals surface area contributed by atoms with Crippen LogP contribution in [-0.2, 0) is 27.9 Å². The highest BCUT2D eigenvalue weighted by Gasteiger charge is 2.54. The Balaban J connectivity index is 0.000000111. The van der Waals surface area contributed by atoms with Crippen LogP contribution in [0, 0.1) is 0 Å². The van der Waals surface area contributed by atoms with Gasteiger partial charge in [0.1, 0.15) is 0 Å². The van der Waals surface area contributed by atoms with Crippen LogP contribution >= 0.6 is 34.0 Å². The van der Waals surface area contributed by atoms with Crippen molar-refractivity contribution < 1.29 is 27.9 Å². The van der Waals surface area contributed by atoms with E-state index in [0.717, 1.165) is 16.4 Å². The zero-order chi connectivity index (χ0) is 54.3. The average molecular weight is 1080 g/mol. The average Bonchev–Trinajstić information content (AvgIpc) is 4.37. The molecule has 15 rings (SSSR count). The minimum absolute atomic E-state index is 0.317. The quantitative estimate of drug-likeness (QED) is 0.164. The number of rotatable bonds is 3. The molecule has 0 saturated carbocycles. The van der Waals surface area contributed by atoms with Crippen LogP contribution in [0.15, 0.2) is 164 Å². The van der Waals surface area contributed by atoms with Gasteiger partial charge in [0.25, 0.3) is 0 Å². The molecule has 0 radical (unpaired) electrons. The molecule has 78 heavy (non-hydrogen) atoms. The van der Waals surface area contributed by atoms with Crippen LogP contribution in [0.1, 0.15) is 83.1 Å². The van der Waals surface area contributed by atoms with E-state index in [4.69, 9.17) is 27.9 Å². The van der Waals surface area contributed by atoms with Crippen LogP contribution in [0.2, 0.25) is 0 Å². The van der Waals surface area contributed by atoms with Crippen molar-refractivity contribution in [2.24, 2.45) is 0 Å². The van der Waals surface area contributed by atoms with Gasteiger partial charge in [0, 0.05) is 66.0 Å². The first-order valence-electron chi connectivity index (χ1n) is 27.2.